The Morgan fingerprint density at radius 1 is 1.24 bits per heavy atom. The number of aryl methyl sites for hydroxylation is 1. The fraction of sp³-hybridized carbons (Fsp3) is 0.250. The van der Waals surface area contributed by atoms with Crippen molar-refractivity contribution < 1.29 is 5.11 Å². The minimum atomic E-state index is -0.172. The number of rotatable bonds is 5. The molecule has 1 atom stereocenters. The molecule has 0 aliphatic heterocycles. The molecule has 21 heavy (non-hydrogen) atoms. The van der Waals surface area contributed by atoms with E-state index in [0.29, 0.717) is 0 Å². The molecule has 0 radical (unpaired) electrons. The van der Waals surface area contributed by atoms with Crippen molar-refractivity contribution in [3.8, 4) is 0 Å². The number of aliphatic hydroxyl groups excluding tert-OH is 1. The molecule has 0 aliphatic rings. The van der Waals surface area contributed by atoms with Gasteiger partial charge in [-0.3, -0.25) is 0 Å². The van der Waals surface area contributed by atoms with Crippen LogP contribution in [0.1, 0.15) is 23.4 Å². The van der Waals surface area contributed by atoms with Gasteiger partial charge < -0.3 is 10.4 Å². The van der Waals surface area contributed by atoms with E-state index >= 15 is 0 Å². The molecule has 5 heteroatoms. The van der Waals surface area contributed by atoms with Gasteiger partial charge in [0.15, 0.2) is 0 Å². The molecule has 4 nitrogen and oxygen atoms in total. The zero-order chi connectivity index (χ0) is 14.7. The summed E-state index contributed by atoms with van der Waals surface area (Å²) in [5.74, 6) is 0.777. The second-order valence-corrected chi connectivity index (χ2v) is 5.91. The van der Waals surface area contributed by atoms with E-state index in [1.807, 2.05) is 30.3 Å². The third-order valence-corrected chi connectivity index (χ3v) is 4.61. The smallest absolute Gasteiger partial charge is 0.138 e. The molecular weight excluding hydrogens is 282 g/mol. The topological polar surface area (TPSA) is 58.0 Å². The van der Waals surface area contributed by atoms with Gasteiger partial charge in [0.2, 0.25) is 0 Å². The summed E-state index contributed by atoms with van der Waals surface area (Å²) in [5.41, 5.74) is 1.04. The summed E-state index contributed by atoms with van der Waals surface area (Å²) < 4.78 is 0. The van der Waals surface area contributed by atoms with Gasteiger partial charge in [0, 0.05) is 4.88 Å². The molecule has 0 saturated carbocycles. The van der Waals surface area contributed by atoms with Crippen molar-refractivity contribution in [2.24, 2.45) is 0 Å². The van der Waals surface area contributed by atoms with E-state index in [4.69, 9.17) is 0 Å². The van der Waals surface area contributed by atoms with Crippen LogP contribution in [0.15, 0.2) is 42.7 Å². The van der Waals surface area contributed by atoms with E-state index in [-0.39, 0.29) is 12.6 Å². The standard InChI is InChI=1S/C16H17N3OS/c1-2-12-8-13-15(17-10-18-16(13)21-12)19-14(9-20)11-6-4-3-5-7-11/h3-8,10,14,20H,2,9H2,1H3,(H,17,18,19). The van der Waals surface area contributed by atoms with Crippen molar-refractivity contribution in [2.75, 3.05) is 11.9 Å². The van der Waals surface area contributed by atoms with Crippen LogP contribution in [0.3, 0.4) is 0 Å². The van der Waals surface area contributed by atoms with Gasteiger partial charge in [0.1, 0.15) is 17.0 Å². The second-order valence-electron chi connectivity index (χ2n) is 4.80. The molecule has 2 aromatic heterocycles. The highest BCUT2D eigenvalue weighted by atomic mass is 32.1. The molecular formula is C16H17N3OS. The number of thiophene rings is 1. The van der Waals surface area contributed by atoms with Gasteiger partial charge in [0.25, 0.3) is 0 Å². The third kappa shape index (κ3) is 2.89. The summed E-state index contributed by atoms with van der Waals surface area (Å²) in [6, 6.07) is 11.8. The highest BCUT2D eigenvalue weighted by Gasteiger charge is 2.14. The molecule has 0 spiro atoms. The van der Waals surface area contributed by atoms with Crippen LogP contribution in [0.25, 0.3) is 10.2 Å². The number of hydrogen-bond acceptors (Lipinski definition) is 5. The predicted octanol–water partition coefficient (Wildman–Crippen LogP) is 3.40. The van der Waals surface area contributed by atoms with Crippen molar-refractivity contribution >= 4 is 27.4 Å². The quantitative estimate of drug-likeness (QED) is 0.758. The minimum Gasteiger partial charge on any atom is -0.394 e. The number of aliphatic hydroxyl groups is 1. The van der Waals surface area contributed by atoms with Crippen molar-refractivity contribution in [1.29, 1.82) is 0 Å². The highest BCUT2D eigenvalue weighted by molar-refractivity contribution is 7.18. The van der Waals surface area contributed by atoms with Gasteiger partial charge in [-0.25, -0.2) is 9.97 Å². The molecule has 0 bridgehead atoms. The maximum atomic E-state index is 9.66. The molecule has 0 fully saturated rings. The number of hydrogen-bond donors (Lipinski definition) is 2. The van der Waals surface area contributed by atoms with Gasteiger partial charge >= 0.3 is 0 Å². The molecule has 108 valence electrons. The molecule has 0 amide bonds. The number of nitrogens with one attached hydrogen (secondary N) is 1. The van der Waals surface area contributed by atoms with E-state index in [0.717, 1.165) is 28.0 Å². The third-order valence-electron chi connectivity index (χ3n) is 3.42. The lowest BCUT2D eigenvalue weighted by molar-refractivity contribution is 0.276. The van der Waals surface area contributed by atoms with Crippen molar-refractivity contribution in [2.45, 2.75) is 19.4 Å². The summed E-state index contributed by atoms with van der Waals surface area (Å²) in [4.78, 5) is 10.9. The monoisotopic (exact) mass is 299 g/mol. The zero-order valence-corrected chi connectivity index (χ0v) is 12.6. The van der Waals surface area contributed by atoms with Gasteiger partial charge in [0.05, 0.1) is 18.0 Å². The molecule has 1 aromatic carbocycles. The Balaban J connectivity index is 1.95. The predicted molar refractivity (Wildman–Crippen MR) is 86.7 cm³/mol. The first kappa shape index (κ1) is 14.0. The summed E-state index contributed by atoms with van der Waals surface area (Å²) >= 11 is 1.69. The molecule has 0 aliphatic carbocycles. The van der Waals surface area contributed by atoms with Crippen molar-refractivity contribution in [1.82, 2.24) is 9.97 Å². The first-order valence-corrected chi connectivity index (χ1v) is 7.79. The SMILES string of the molecule is CCc1cc2c(NC(CO)c3ccccc3)ncnc2s1. The van der Waals surface area contributed by atoms with Crippen LogP contribution in [0, 0.1) is 0 Å². The Bertz CT molecular complexity index is 727. The average Bonchev–Trinajstić information content (AvgIpc) is 2.97. The number of anilines is 1. The van der Waals surface area contributed by atoms with Crippen molar-refractivity contribution in [3.05, 3.63) is 53.2 Å². The molecule has 3 aromatic rings. The first-order valence-electron chi connectivity index (χ1n) is 6.97. The summed E-state index contributed by atoms with van der Waals surface area (Å²) in [6.07, 6.45) is 2.56. The zero-order valence-electron chi connectivity index (χ0n) is 11.8. The largest absolute Gasteiger partial charge is 0.394 e. The van der Waals surface area contributed by atoms with E-state index in [1.165, 1.54) is 4.88 Å². The van der Waals surface area contributed by atoms with E-state index in [1.54, 1.807) is 17.7 Å². The summed E-state index contributed by atoms with van der Waals surface area (Å²) in [7, 11) is 0. The molecule has 2 N–H and O–H groups in total. The maximum Gasteiger partial charge on any atom is 0.138 e. The lowest BCUT2D eigenvalue weighted by Crippen LogP contribution is -2.15. The van der Waals surface area contributed by atoms with Crippen LogP contribution in [0.4, 0.5) is 5.82 Å². The fourth-order valence-corrected chi connectivity index (χ4v) is 3.21. The van der Waals surface area contributed by atoms with Gasteiger partial charge in [-0.05, 0) is 18.1 Å². The summed E-state index contributed by atoms with van der Waals surface area (Å²) in [5, 5.41) is 14.0. The van der Waals surface area contributed by atoms with Crippen LogP contribution in [0.5, 0.6) is 0 Å². The van der Waals surface area contributed by atoms with Crippen LogP contribution in [0.2, 0.25) is 0 Å². The molecule has 1 unspecified atom stereocenters. The van der Waals surface area contributed by atoms with Crippen LogP contribution < -0.4 is 5.32 Å². The van der Waals surface area contributed by atoms with Crippen LogP contribution >= 0.6 is 11.3 Å². The number of aromatic nitrogens is 2. The normalized spacial score (nSPS) is 12.5. The Hall–Kier alpha value is -1.98. The average molecular weight is 299 g/mol. The second kappa shape index (κ2) is 6.20. The maximum absolute atomic E-state index is 9.66. The number of nitrogens with zero attached hydrogens (tertiary/aromatic N) is 2. The van der Waals surface area contributed by atoms with Crippen LogP contribution in [-0.2, 0) is 6.42 Å². The van der Waals surface area contributed by atoms with Gasteiger partial charge in [-0.15, -0.1) is 11.3 Å². The Morgan fingerprint density at radius 3 is 2.76 bits per heavy atom. The number of fused-ring (bicyclic) bond motifs is 1. The van der Waals surface area contributed by atoms with Gasteiger partial charge in [-0.2, -0.15) is 0 Å². The number of benzene rings is 1. The minimum absolute atomic E-state index is 0.0142. The van der Waals surface area contributed by atoms with E-state index in [2.05, 4.69) is 28.3 Å². The van der Waals surface area contributed by atoms with Crippen molar-refractivity contribution in [3.63, 3.8) is 0 Å². The van der Waals surface area contributed by atoms with Gasteiger partial charge in [-0.1, -0.05) is 37.3 Å². The molecule has 3 rings (SSSR count). The fourth-order valence-electron chi connectivity index (χ4n) is 2.28. The summed E-state index contributed by atoms with van der Waals surface area (Å²) in [6.45, 7) is 2.14. The Labute approximate surface area is 127 Å². The first-order chi connectivity index (χ1) is 10.3. The molecule has 0 saturated heterocycles. The lowest BCUT2D eigenvalue weighted by Gasteiger charge is -2.17. The van der Waals surface area contributed by atoms with E-state index < -0.39 is 0 Å². The lowest BCUT2D eigenvalue weighted by atomic mass is 10.1. The Kier molecular flexibility index (Phi) is 4.13. The van der Waals surface area contributed by atoms with E-state index in [9.17, 15) is 5.11 Å². The Morgan fingerprint density at radius 2 is 2.05 bits per heavy atom. The molecule has 2 heterocycles. The highest BCUT2D eigenvalue weighted by Crippen LogP contribution is 2.30. The van der Waals surface area contributed by atoms with Crippen LogP contribution in [-0.4, -0.2) is 21.7 Å².